The molecule has 1 amide bonds. The summed E-state index contributed by atoms with van der Waals surface area (Å²) >= 11 is 0. The van der Waals surface area contributed by atoms with Gasteiger partial charge in [0.2, 0.25) is 11.8 Å². The molecule has 1 aromatic rings. The van der Waals surface area contributed by atoms with Crippen molar-refractivity contribution in [3.63, 3.8) is 0 Å². The minimum absolute atomic E-state index is 0.101. The summed E-state index contributed by atoms with van der Waals surface area (Å²) in [5.74, 6) is 0.287. The van der Waals surface area contributed by atoms with Crippen LogP contribution in [0.5, 0.6) is 0 Å². The van der Waals surface area contributed by atoms with Crippen molar-refractivity contribution in [3.8, 4) is 0 Å². The number of likely N-dealkylation sites (tertiary alicyclic amines) is 1. The van der Waals surface area contributed by atoms with E-state index in [0.29, 0.717) is 25.6 Å². The van der Waals surface area contributed by atoms with Crippen molar-refractivity contribution in [2.75, 3.05) is 31.6 Å². The molecule has 0 spiro atoms. The lowest BCUT2D eigenvalue weighted by Gasteiger charge is -2.37. The summed E-state index contributed by atoms with van der Waals surface area (Å²) < 4.78 is 16.2. The highest BCUT2D eigenvalue weighted by Gasteiger charge is 2.34. The van der Waals surface area contributed by atoms with Gasteiger partial charge in [-0.15, -0.1) is 0 Å². The fraction of sp³-hybridized carbons (Fsp3) is 0.714. The summed E-state index contributed by atoms with van der Waals surface area (Å²) in [6.07, 6.45) is 3.04. The lowest BCUT2D eigenvalue weighted by Crippen LogP contribution is -2.50. The summed E-state index contributed by atoms with van der Waals surface area (Å²) in [6.45, 7) is 4.29. The number of carbonyl (C=O) groups is 1. The van der Waals surface area contributed by atoms with E-state index in [0.717, 1.165) is 31.5 Å². The molecular weight excluding hydrogens is 274 g/mol. The molecule has 0 saturated carbocycles. The van der Waals surface area contributed by atoms with Crippen LogP contribution in [0.4, 0.5) is 5.88 Å². The van der Waals surface area contributed by atoms with Gasteiger partial charge < -0.3 is 14.0 Å². The van der Waals surface area contributed by atoms with Gasteiger partial charge in [0, 0.05) is 6.07 Å². The molecule has 2 aliphatic heterocycles. The van der Waals surface area contributed by atoms with E-state index in [1.165, 1.54) is 0 Å². The SMILES string of the molecule is Cc1cc(NC(=O)CN2CCCC[C@H]2C2OCCO2)on1. The number of hydrogen-bond acceptors (Lipinski definition) is 6. The minimum Gasteiger partial charge on any atom is -0.349 e. The highest BCUT2D eigenvalue weighted by Crippen LogP contribution is 2.24. The Balaban J connectivity index is 1.57. The molecular formula is C14H21N3O4. The highest BCUT2D eigenvalue weighted by atomic mass is 16.7. The number of amides is 1. The second-order valence-corrected chi connectivity index (χ2v) is 5.52. The van der Waals surface area contributed by atoms with Crippen LogP contribution in [-0.2, 0) is 14.3 Å². The van der Waals surface area contributed by atoms with E-state index in [1.807, 2.05) is 6.92 Å². The second kappa shape index (κ2) is 6.55. The molecule has 7 nitrogen and oxygen atoms in total. The van der Waals surface area contributed by atoms with Gasteiger partial charge in [-0.1, -0.05) is 11.6 Å². The van der Waals surface area contributed by atoms with Gasteiger partial charge in [-0.25, -0.2) is 0 Å². The van der Waals surface area contributed by atoms with E-state index in [9.17, 15) is 4.79 Å². The third-order valence-corrected chi connectivity index (χ3v) is 3.86. The number of ether oxygens (including phenoxy) is 2. The number of anilines is 1. The Hall–Kier alpha value is -1.44. The molecule has 1 aromatic heterocycles. The normalized spacial score (nSPS) is 24.3. The number of carbonyl (C=O) groups excluding carboxylic acids is 1. The van der Waals surface area contributed by atoms with Crippen LogP contribution in [0.15, 0.2) is 10.6 Å². The van der Waals surface area contributed by atoms with Gasteiger partial charge >= 0.3 is 0 Å². The van der Waals surface area contributed by atoms with Crippen LogP contribution in [-0.4, -0.2) is 54.6 Å². The van der Waals surface area contributed by atoms with Gasteiger partial charge in [-0.05, 0) is 26.3 Å². The highest BCUT2D eigenvalue weighted by molar-refractivity contribution is 5.91. The Morgan fingerprint density at radius 1 is 1.43 bits per heavy atom. The molecule has 0 aromatic carbocycles. The van der Waals surface area contributed by atoms with Crippen LogP contribution < -0.4 is 5.32 Å². The van der Waals surface area contributed by atoms with E-state index in [-0.39, 0.29) is 18.2 Å². The summed E-state index contributed by atoms with van der Waals surface area (Å²) in [6, 6.07) is 1.86. The van der Waals surface area contributed by atoms with E-state index < -0.39 is 0 Å². The number of nitrogens with one attached hydrogen (secondary N) is 1. The molecule has 3 rings (SSSR count). The maximum absolute atomic E-state index is 12.1. The lowest BCUT2D eigenvalue weighted by atomic mass is 10.0. The third-order valence-electron chi connectivity index (χ3n) is 3.86. The Morgan fingerprint density at radius 3 is 2.95 bits per heavy atom. The summed E-state index contributed by atoms with van der Waals surface area (Å²) in [5, 5.41) is 6.48. The predicted octanol–water partition coefficient (Wildman–Crippen LogP) is 1.15. The molecule has 2 fully saturated rings. The molecule has 116 valence electrons. The molecule has 0 radical (unpaired) electrons. The number of rotatable bonds is 4. The maximum atomic E-state index is 12.1. The summed E-state index contributed by atoms with van der Waals surface area (Å²) in [4.78, 5) is 14.3. The van der Waals surface area contributed by atoms with Crippen molar-refractivity contribution in [1.82, 2.24) is 10.1 Å². The van der Waals surface area contributed by atoms with E-state index >= 15 is 0 Å². The molecule has 3 heterocycles. The first-order valence-electron chi connectivity index (χ1n) is 7.43. The summed E-state index contributed by atoms with van der Waals surface area (Å²) in [5.41, 5.74) is 0.744. The Morgan fingerprint density at radius 2 is 2.24 bits per heavy atom. The van der Waals surface area contributed by atoms with Crippen LogP contribution >= 0.6 is 0 Å². The van der Waals surface area contributed by atoms with Gasteiger partial charge in [0.15, 0.2) is 6.29 Å². The van der Waals surface area contributed by atoms with Crippen LogP contribution in [0.2, 0.25) is 0 Å². The number of aryl methyl sites for hydroxylation is 1. The quantitative estimate of drug-likeness (QED) is 0.898. The zero-order valence-electron chi connectivity index (χ0n) is 12.2. The van der Waals surface area contributed by atoms with Crippen LogP contribution in [0, 0.1) is 6.92 Å². The molecule has 0 aliphatic carbocycles. The molecule has 2 aliphatic rings. The maximum Gasteiger partial charge on any atom is 0.240 e. The van der Waals surface area contributed by atoms with Gasteiger partial charge in [-0.2, -0.15) is 0 Å². The van der Waals surface area contributed by atoms with Crippen molar-refractivity contribution in [2.45, 2.75) is 38.5 Å². The Labute approximate surface area is 123 Å². The van der Waals surface area contributed by atoms with Gasteiger partial charge in [0.25, 0.3) is 0 Å². The number of piperidine rings is 1. The lowest BCUT2D eigenvalue weighted by molar-refractivity contribution is -0.127. The molecule has 7 heteroatoms. The van der Waals surface area contributed by atoms with Crippen molar-refractivity contribution in [1.29, 1.82) is 0 Å². The molecule has 1 atom stereocenters. The first-order chi connectivity index (χ1) is 10.2. The zero-order valence-corrected chi connectivity index (χ0v) is 12.2. The number of hydrogen-bond donors (Lipinski definition) is 1. The molecule has 2 saturated heterocycles. The van der Waals surface area contributed by atoms with Crippen molar-refractivity contribution < 1.29 is 18.8 Å². The minimum atomic E-state index is -0.203. The molecule has 0 unspecified atom stereocenters. The molecule has 0 bridgehead atoms. The zero-order chi connectivity index (χ0) is 14.7. The fourth-order valence-electron chi connectivity index (χ4n) is 2.90. The Kier molecular flexibility index (Phi) is 4.52. The monoisotopic (exact) mass is 295 g/mol. The summed E-state index contributed by atoms with van der Waals surface area (Å²) in [7, 11) is 0. The van der Waals surface area contributed by atoms with Crippen molar-refractivity contribution >= 4 is 11.8 Å². The van der Waals surface area contributed by atoms with Crippen LogP contribution in [0.1, 0.15) is 25.0 Å². The number of aromatic nitrogens is 1. The van der Waals surface area contributed by atoms with Gasteiger partial charge in [0.05, 0.1) is 31.5 Å². The second-order valence-electron chi connectivity index (χ2n) is 5.52. The number of nitrogens with zero attached hydrogens (tertiary/aromatic N) is 2. The van der Waals surface area contributed by atoms with E-state index in [1.54, 1.807) is 6.07 Å². The molecule has 21 heavy (non-hydrogen) atoms. The smallest absolute Gasteiger partial charge is 0.240 e. The molecule has 1 N–H and O–H groups in total. The van der Waals surface area contributed by atoms with Crippen molar-refractivity contribution in [3.05, 3.63) is 11.8 Å². The van der Waals surface area contributed by atoms with Crippen molar-refractivity contribution in [2.24, 2.45) is 0 Å². The average Bonchev–Trinajstić information content (AvgIpc) is 3.11. The first-order valence-corrected chi connectivity index (χ1v) is 7.43. The van der Waals surface area contributed by atoms with Crippen LogP contribution in [0.3, 0.4) is 0 Å². The van der Waals surface area contributed by atoms with Gasteiger partial charge in [0.1, 0.15) is 0 Å². The largest absolute Gasteiger partial charge is 0.349 e. The van der Waals surface area contributed by atoms with E-state index in [2.05, 4.69) is 15.4 Å². The van der Waals surface area contributed by atoms with Crippen LogP contribution in [0.25, 0.3) is 0 Å². The fourth-order valence-corrected chi connectivity index (χ4v) is 2.90. The predicted molar refractivity (Wildman–Crippen MR) is 74.8 cm³/mol. The first kappa shape index (κ1) is 14.5. The average molecular weight is 295 g/mol. The topological polar surface area (TPSA) is 76.8 Å². The Bertz CT molecular complexity index is 484. The standard InChI is InChI=1S/C14H21N3O4/c1-10-8-13(21-16-10)15-12(18)9-17-5-3-2-4-11(17)14-19-6-7-20-14/h8,11,14H,2-7,9H2,1H3,(H,15,18)/t11-/m0/s1. The third kappa shape index (κ3) is 3.61. The van der Waals surface area contributed by atoms with Gasteiger partial charge in [-0.3, -0.25) is 15.0 Å². The van der Waals surface area contributed by atoms with E-state index in [4.69, 9.17) is 14.0 Å².